The topological polar surface area (TPSA) is 169 Å². The van der Waals surface area contributed by atoms with Gasteiger partial charge in [0.05, 0.1) is 4.90 Å². The van der Waals surface area contributed by atoms with Gasteiger partial charge in [-0.15, -0.1) is 0 Å². The van der Waals surface area contributed by atoms with Crippen molar-refractivity contribution in [3.05, 3.63) is 65.7 Å². The lowest BCUT2D eigenvalue weighted by Gasteiger charge is -2.25. The number of rotatable bonds is 13. The van der Waals surface area contributed by atoms with Gasteiger partial charge < -0.3 is 10.4 Å². The molecule has 1 amide bonds. The molecule has 0 aromatic heterocycles. The molecule has 2 aromatic rings. The summed E-state index contributed by atoms with van der Waals surface area (Å²) in [6.45, 7) is 2.29. The maximum atomic E-state index is 13.1. The Hall–Kier alpha value is -4.08. The number of Topliss-reactive ketones (excluding diaryl/α,β-unsaturated/α-hetero) is 1. The number of aliphatic carboxylic acids is 1. The number of amidine groups is 1. The van der Waals surface area contributed by atoms with Crippen LogP contribution in [0.25, 0.3) is 0 Å². The van der Waals surface area contributed by atoms with Gasteiger partial charge in [-0.3, -0.25) is 19.9 Å². The maximum Gasteiger partial charge on any atom is 0.326 e. The van der Waals surface area contributed by atoms with E-state index in [1.54, 1.807) is 55.6 Å². The summed E-state index contributed by atoms with van der Waals surface area (Å²) in [6.07, 6.45) is 3.71. The summed E-state index contributed by atoms with van der Waals surface area (Å²) in [5, 5.41) is 23.2. The van der Waals surface area contributed by atoms with Gasteiger partial charge in [-0.25, -0.2) is 13.2 Å². The summed E-state index contributed by atoms with van der Waals surface area (Å²) in [4.78, 5) is 41.5. The summed E-state index contributed by atoms with van der Waals surface area (Å²) in [6, 6.07) is 12.5. The molecule has 3 rings (SSSR count). The normalized spacial score (nSPS) is 16.6. The van der Waals surface area contributed by atoms with E-state index < -0.39 is 34.0 Å². The summed E-state index contributed by atoms with van der Waals surface area (Å²) in [5.74, 6) is -1.34. The van der Waals surface area contributed by atoms with Gasteiger partial charge >= 0.3 is 5.97 Å². The molecule has 0 bridgehead atoms. The fraction of sp³-hybridized carbons (Fsp3) is 0.393. The molecule has 0 saturated carbocycles. The summed E-state index contributed by atoms with van der Waals surface area (Å²) < 4.78 is 27.3. The second kappa shape index (κ2) is 14.3. The van der Waals surface area contributed by atoms with E-state index >= 15 is 0 Å². The average molecular weight is 568 g/mol. The van der Waals surface area contributed by atoms with Gasteiger partial charge in [-0.05, 0) is 49.4 Å². The van der Waals surface area contributed by atoms with E-state index in [0.29, 0.717) is 43.6 Å². The number of carboxylic acid groups (broad SMARTS) is 1. The Kier molecular flexibility index (Phi) is 10.9. The number of benzene rings is 2. The third kappa shape index (κ3) is 8.46. The van der Waals surface area contributed by atoms with Crippen LogP contribution in [0.5, 0.6) is 0 Å². The van der Waals surface area contributed by atoms with Gasteiger partial charge in [0.2, 0.25) is 15.9 Å². The van der Waals surface area contributed by atoms with Gasteiger partial charge in [-0.2, -0.15) is 9.57 Å². The number of ketones is 1. The molecule has 0 spiro atoms. The standard InChI is InChI=1S/C28H33N5O6S/c1-20(31-19-29)30-15-5-7-23(34)17-21-11-13-22(14-12-21)18-25(28(36)37)32-27(35)26-10-6-16-33(26)40(38,39)24-8-3-2-4-9-24/h2-4,8-9,11-14,25-26H,5-7,10,15-18H2,1H3,(H,30,31)(H,32,35)(H,36,37)/t25-,26-/m0/s1. The number of amides is 1. The first-order valence-electron chi connectivity index (χ1n) is 13.0. The first-order valence-corrected chi connectivity index (χ1v) is 14.4. The molecule has 0 aliphatic carbocycles. The molecule has 3 N–H and O–H groups in total. The molecule has 1 aliphatic rings. The molecule has 0 unspecified atom stereocenters. The molecule has 12 heteroatoms. The molecule has 2 aromatic carbocycles. The van der Waals surface area contributed by atoms with Gasteiger partial charge in [0.15, 0.2) is 6.19 Å². The van der Waals surface area contributed by atoms with Crippen LogP contribution in [0.1, 0.15) is 43.7 Å². The van der Waals surface area contributed by atoms with Crippen molar-refractivity contribution in [1.82, 2.24) is 14.9 Å². The van der Waals surface area contributed by atoms with E-state index in [9.17, 15) is 27.9 Å². The summed E-state index contributed by atoms with van der Waals surface area (Å²) >= 11 is 0. The van der Waals surface area contributed by atoms with Crippen molar-refractivity contribution in [1.29, 1.82) is 5.26 Å². The predicted molar refractivity (Wildman–Crippen MR) is 148 cm³/mol. The van der Waals surface area contributed by atoms with E-state index in [0.717, 1.165) is 9.87 Å². The lowest BCUT2D eigenvalue weighted by Crippen LogP contribution is -2.51. The molecular weight excluding hydrogens is 534 g/mol. The number of aliphatic imine (C=N–C) groups is 1. The van der Waals surface area contributed by atoms with Gasteiger partial charge in [0.1, 0.15) is 23.7 Å². The predicted octanol–water partition coefficient (Wildman–Crippen LogP) is 2.03. The van der Waals surface area contributed by atoms with Crippen molar-refractivity contribution >= 4 is 33.5 Å². The minimum absolute atomic E-state index is 0.00153. The third-order valence-electron chi connectivity index (χ3n) is 6.53. The Morgan fingerprint density at radius 1 is 1.12 bits per heavy atom. The molecule has 11 nitrogen and oxygen atoms in total. The van der Waals surface area contributed by atoms with Gasteiger partial charge in [0, 0.05) is 32.4 Å². The Morgan fingerprint density at radius 3 is 2.45 bits per heavy atom. The average Bonchev–Trinajstić information content (AvgIpc) is 3.44. The van der Waals surface area contributed by atoms with Crippen molar-refractivity contribution in [3.63, 3.8) is 0 Å². The van der Waals surface area contributed by atoms with Crippen LogP contribution in [0.15, 0.2) is 64.5 Å². The van der Waals surface area contributed by atoms with Crippen LogP contribution in [0, 0.1) is 11.5 Å². The number of hydrogen-bond acceptors (Lipinski definition) is 7. The number of carbonyl (C=O) groups is 3. The smallest absolute Gasteiger partial charge is 0.326 e. The molecule has 0 radical (unpaired) electrons. The second-order valence-electron chi connectivity index (χ2n) is 9.53. The third-order valence-corrected chi connectivity index (χ3v) is 8.46. The molecular formula is C28H33N5O6S. The maximum absolute atomic E-state index is 13.1. The number of hydrogen-bond donors (Lipinski definition) is 3. The Balaban J connectivity index is 1.56. The van der Waals surface area contributed by atoms with Crippen molar-refractivity contribution in [2.45, 2.75) is 62.4 Å². The number of nitrogens with zero attached hydrogens (tertiary/aromatic N) is 3. The van der Waals surface area contributed by atoms with E-state index in [2.05, 4.69) is 15.6 Å². The molecule has 2 atom stereocenters. The highest BCUT2D eigenvalue weighted by molar-refractivity contribution is 7.89. The number of nitrogens with one attached hydrogen (secondary N) is 2. The SMILES string of the molecule is CC(=NCCCC(=O)Cc1ccc(C[C@H](NC(=O)[C@@H]2CCCN2S(=O)(=O)c2ccccc2)C(=O)O)cc1)NC#N. The number of nitriles is 1. The van der Waals surface area contributed by atoms with Crippen LogP contribution < -0.4 is 10.6 Å². The fourth-order valence-corrected chi connectivity index (χ4v) is 6.15. The van der Waals surface area contributed by atoms with Crippen molar-refractivity contribution < 1.29 is 27.9 Å². The van der Waals surface area contributed by atoms with E-state index in [4.69, 9.17) is 5.26 Å². The molecule has 1 fully saturated rings. The van der Waals surface area contributed by atoms with Crippen molar-refractivity contribution in [2.24, 2.45) is 4.99 Å². The van der Waals surface area contributed by atoms with E-state index in [1.807, 2.05) is 0 Å². The number of carboxylic acids is 1. The number of carbonyl (C=O) groups excluding carboxylic acids is 2. The zero-order valence-corrected chi connectivity index (χ0v) is 23.1. The first kappa shape index (κ1) is 30.5. The largest absolute Gasteiger partial charge is 0.480 e. The van der Waals surface area contributed by atoms with Crippen LogP contribution in [0.3, 0.4) is 0 Å². The minimum Gasteiger partial charge on any atom is -0.480 e. The second-order valence-corrected chi connectivity index (χ2v) is 11.4. The lowest BCUT2D eigenvalue weighted by atomic mass is 10.0. The van der Waals surface area contributed by atoms with Crippen molar-refractivity contribution in [2.75, 3.05) is 13.1 Å². The Bertz CT molecular complexity index is 1370. The molecule has 40 heavy (non-hydrogen) atoms. The van der Waals surface area contributed by atoms with Crippen molar-refractivity contribution in [3.8, 4) is 6.19 Å². The zero-order valence-electron chi connectivity index (χ0n) is 22.2. The van der Waals surface area contributed by atoms with E-state index in [-0.39, 0.29) is 30.1 Å². The molecule has 1 heterocycles. The number of sulfonamides is 1. The van der Waals surface area contributed by atoms with Crippen LogP contribution in [0.4, 0.5) is 0 Å². The van der Waals surface area contributed by atoms with Gasteiger partial charge in [-0.1, -0.05) is 42.5 Å². The van der Waals surface area contributed by atoms with Crippen LogP contribution >= 0.6 is 0 Å². The zero-order chi connectivity index (χ0) is 29.1. The Morgan fingerprint density at radius 2 is 1.80 bits per heavy atom. The summed E-state index contributed by atoms with van der Waals surface area (Å²) in [5.41, 5.74) is 1.43. The van der Waals surface area contributed by atoms with E-state index in [1.165, 1.54) is 12.1 Å². The molecule has 212 valence electrons. The monoisotopic (exact) mass is 567 g/mol. The highest BCUT2D eigenvalue weighted by atomic mass is 32.2. The first-order chi connectivity index (χ1) is 19.1. The van der Waals surface area contributed by atoms with Crippen LogP contribution in [-0.2, 0) is 37.2 Å². The fourth-order valence-electron chi connectivity index (χ4n) is 4.47. The highest BCUT2D eigenvalue weighted by Crippen LogP contribution is 2.26. The molecule has 1 aliphatic heterocycles. The molecule has 1 saturated heterocycles. The highest BCUT2D eigenvalue weighted by Gasteiger charge is 2.40. The van der Waals surface area contributed by atoms with Gasteiger partial charge in [0.25, 0.3) is 0 Å². The Labute approximate surface area is 234 Å². The lowest BCUT2D eigenvalue weighted by molar-refractivity contribution is -0.142. The quantitative estimate of drug-likeness (QED) is 0.109. The van der Waals surface area contributed by atoms with Crippen LogP contribution in [0.2, 0.25) is 0 Å². The minimum atomic E-state index is -3.90. The summed E-state index contributed by atoms with van der Waals surface area (Å²) in [7, 11) is -3.90. The van der Waals surface area contributed by atoms with Crippen LogP contribution in [-0.4, -0.2) is 66.5 Å².